The highest BCUT2D eigenvalue weighted by Crippen LogP contribution is 2.30. The minimum absolute atomic E-state index is 0.0278. The minimum atomic E-state index is -1.16. The average Bonchev–Trinajstić information content (AvgIpc) is 3.18. The fourth-order valence-electron chi connectivity index (χ4n) is 3.14. The Morgan fingerprint density at radius 1 is 1.03 bits per heavy atom. The van der Waals surface area contributed by atoms with E-state index < -0.39 is 42.4 Å². The molecule has 2 heterocycles. The number of halogens is 1. The summed E-state index contributed by atoms with van der Waals surface area (Å²) in [5.74, 6) is -1.88. The summed E-state index contributed by atoms with van der Waals surface area (Å²) in [6.45, 7) is 3.45. The van der Waals surface area contributed by atoms with Crippen molar-refractivity contribution in [3.63, 3.8) is 0 Å². The smallest absolute Gasteiger partial charge is 0.303 e. The number of ether oxygens (including phenoxy) is 5. The van der Waals surface area contributed by atoms with Gasteiger partial charge >= 0.3 is 17.9 Å². The second-order valence-corrected chi connectivity index (χ2v) is 6.95. The lowest BCUT2D eigenvalue weighted by Crippen LogP contribution is -2.55. The van der Waals surface area contributed by atoms with Crippen LogP contribution in [0.5, 0.6) is 5.75 Å². The van der Waals surface area contributed by atoms with Gasteiger partial charge in [-0.1, -0.05) is 5.21 Å². The van der Waals surface area contributed by atoms with Gasteiger partial charge in [0.15, 0.2) is 24.5 Å². The van der Waals surface area contributed by atoms with Gasteiger partial charge in [-0.3, -0.25) is 14.4 Å². The quantitative estimate of drug-likeness (QED) is 0.449. The zero-order valence-electron chi connectivity index (χ0n) is 17.6. The van der Waals surface area contributed by atoms with Crippen LogP contribution >= 0.6 is 0 Å². The Morgan fingerprint density at radius 3 is 2.28 bits per heavy atom. The van der Waals surface area contributed by atoms with E-state index >= 15 is 0 Å². The molecule has 1 aromatic carbocycles. The van der Waals surface area contributed by atoms with Crippen LogP contribution in [0.15, 0.2) is 30.5 Å². The maximum absolute atomic E-state index is 13.0. The van der Waals surface area contributed by atoms with Crippen molar-refractivity contribution in [3.8, 4) is 5.75 Å². The molecule has 0 saturated carbocycles. The van der Waals surface area contributed by atoms with Gasteiger partial charge in [-0.05, 0) is 24.3 Å². The number of carbonyl (C=O) groups excluding carboxylic acids is 3. The molecule has 12 heteroatoms. The molecule has 0 amide bonds. The summed E-state index contributed by atoms with van der Waals surface area (Å²) >= 11 is 0. The molecule has 1 aliphatic heterocycles. The van der Waals surface area contributed by atoms with E-state index in [2.05, 4.69) is 10.3 Å². The molecule has 0 N–H and O–H groups in total. The first-order chi connectivity index (χ1) is 15.2. The van der Waals surface area contributed by atoms with Gasteiger partial charge in [0.2, 0.25) is 0 Å². The second-order valence-electron chi connectivity index (χ2n) is 6.95. The molecule has 1 aromatic heterocycles. The molecule has 0 radical (unpaired) electrons. The van der Waals surface area contributed by atoms with Crippen LogP contribution in [-0.4, -0.2) is 57.8 Å². The van der Waals surface area contributed by atoms with Crippen molar-refractivity contribution in [3.05, 3.63) is 42.0 Å². The summed E-state index contributed by atoms with van der Waals surface area (Å²) in [6.07, 6.45) is -2.78. The standard InChI is InChI=1S/C20H22FN3O8/c1-11(25)30-17-10-29-20(19(32-13(3)27)18(17)31-12(2)26)24-8-15(22-23-24)9-28-16-6-4-14(21)5-7-16/h4-8,17-20H,9-10H2,1-3H3. The van der Waals surface area contributed by atoms with Crippen LogP contribution in [0, 0.1) is 5.82 Å². The van der Waals surface area contributed by atoms with Crippen molar-refractivity contribution in [1.82, 2.24) is 15.0 Å². The fourth-order valence-corrected chi connectivity index (χ4v) is 3.14. The number of rotatable bonds is 7. The molecule has 2 aromatic rings. The monoisotopic (exact) mass is 451 g/mol. The second kappa shape index (κ2) is 10.2. The number of hydrogen-bond acceptors (Lipinski definition) is 10. The zero-order chi connectivity index (χ0) is 23.3. The highest BCUT2D eigenvalue weighted by Gasteiger charge is 2.48. The van der Waals surface area contributed by atoms with Crippen molar-refractivity contribution in [2.24, 2.45) is 0 Å². The van der Waals surface area contributed by atoms with E-state index in [1.165, 1.54) is 55.9 Å². The lowest BCUT2D eigenvalue weighted by Gasteiger charge is -2.40. The van der Waals surface area contributed by atoms with Crippen molar-refractivity contribution in [2.45, 2.75) is 51.9 Å². The maximum Gasteiger partial charge on any atom is 0.303 e. The average molecular weight is 451 g/mol. The van der Waals surface area contributed by atoms with Gasteiger partial charge in [-0.25, -0.2) is 9.07 Å². The summed E-state index contributed by atoms with van der Waals surface area (Å²) in [6, 6.07) is 5.47. The number of esters is 3. The van der Waals surface area contributed by atoms with Crippen LogP contribution in [0.4, 0.5) is 4.39 Å². The lowest BCUT2D eigenvalue weighted by molar-refractivity contribution is -0.241. The molecule has 4 atom stereocenters. The molecule has 0 bridgehead atoms. The summed E-state index contributed by atoms with van der Waals surface area (Å²) in [5, 5.41) is 7.98. The maximum atomic E-state index is 13.0. The predicted octanol–water partition coefficient (Wildman–Crippen LogP) is 1.32. The number of hydrogen-bond donors (Lipinski definition) is 0. The number of carbonyl (C=O) groups is 3. The summed E-state index contributed by atoms with van der Waals surface area (Å²) in [4.78, 5) is 34.8. The largest absolute Gasteiger partial charge is 0.487 e. The third kappa shape index (κ3) is 6.00. The molecule has 3 rings (SSSR count). The molecule has 11 nitrogen and oxygen atoms in total. The molecular weight excluding hydrogens is 429 g/mol. The van der Waals surface area contributed by atoms with E-state index in [1.807, 2.05) is 0 Å². The van der Waals surface area contributed by atoms with Gasteiger partial charge in [0.1, 0.15) is 23.9 Å². The van der Waals surface area contributed by atoms with Crippen molar-refractivity contribution in [1.29, 1.82) is 0 Å². The number of nitrogens with zero attached hydrogens (tertiary/aromatic N) is 3. The molecule has 32 heavy (non-hydrogen) atoms. The van der Waals surface area contributed by atoms with Crippen molar-refractivity contribution in [2.75, 3.05) is 6.61 Å². The highest BCUT2D eigenvalue weighted by atomic mass is 19.1. The fraction of sp³-hybridized carbons (Fsp3) is 0.450. The van der Waals surface area contributed by atoms with E-state index in [1.54, 1.807) is 0 Å². The summed E-state index contributed by atoms with van der Waals surface area (Å²) in [7, 11) is 0. The third-order valence-corrected chi connectivity index (χ3v) is 4.34. The zero-order valence-corrected chi connectivity index (χ0v) is 17.6. The van der Waals surface area contributed by atoms with Crippen LogP contribution in [0.2, 0.25) is 0 Å². The lowest BCUT2D eigenvalue weighted by atomic mass is 10.0. The normalized spacial score (nSPS) is 22.6. The van der Waals surface area contributed by atoms with Crippen LogP contribution < -0.4 is 4.74 Å². The van der Waals surface area contributed by atoms with Crippen LogP contribution in [0.25, 0.3) is 0 Å². The van der Waals surface area contributed by atoms with E-state index in [9.17, 15) is 18.8 Å². The Bertz CT molecular complexity index is 964. The molecule has 1 fully saturated rings. The third-order valence-electron chi connectivity index (χ3n) is 4.34. The topological polar surface area (TPSA) is 128 Å². The van der Waals surface area contributed by atoms with Gasteiger partial charge in [0.25, 0.3) is 0 Å². The first-order valence-corrected chi connectivity index (χ1v) is 9.65. The van der Waals surface area contributed by atoms with Crippen LogP contribution in [0.3, 0.4) is 0 Å². The summed E-state index contributed by atoms with van der Waals surface area (Å²) < 4.78 is 41.4. The van der Waals surface area contributed by atoms with Gasteiger partial charge in [0.05, 0.1) is 12.8 Å². The van der Waals surface area contributed by atoms with Crippen LogP contribution in [0.1, 0.15) is 32.7 Å². The van der Waals surface area contributed by atoms with E-state index in [-0.39, 0.29) is 19.0 Å². The van der Waals surface area contributed by atoms with Crippen LogP contribution in [-0.2, 0) is 39.9 Å². The Labute approximate surface area is 182 Å². The van der Waals surface area contributed by atoms with Gasteiger partial charge in [-0.2, -0.15) is 0 Å². The van der Waals surface area contributed by atoms with E-state index in [4.69, 9.17) is 23.7 Å². The van der Waals surface area contributed by atoms with Gasteiger partial charge in [0, 0.05) is 20.8 Å². The molecule has 0 spiro atoms. The SMILES string of the molecule is CC(=O)OC1COC(n2cc(COc3ccc(F)cc3)nn2)C(OC(C)=O)C1OC(C)=O. The molecule has 1 aliphatic rings. The Morgan fingerprint density at radius 2 is 1.66 bits per heavy atom. The highest BCUT2D eigenvalue weighted by molar-refractivity contribution is 5.68. The molecular formula is C20H22FN3O8. The molecule has 172 valence electrons. The van der Waals surface area contributed by atoms with E-state index in [0.717, 1.165) is 0 Å². The first-order valence-electron chi connectivity index (χ1n) is 9.65. The Hall–Kier alpha value is -3.54. The first kappa shape index (κ1) is 23.1. The Kier molecular flexibility index (Phi) is 7.36. The van der Waals surface area contributed by atoms with Gasteiger partial charge < -0.3 is 23.7 Å². The van der Waals surface area contributed by atoms with Crippen molar-refractivity contribution < 1.29 is 42.5 Å². The summed E-state index contributed by atoms with van der Waals surface area (Å²) in [5.41, 5.74) is 0.408. The Balaban J connectivity index is 1.78. The van der Waals surface area contributed by atoms with Crippen molar-refractivity contribution >= 4 is 17.9 Å². The molecule has 4 unspecified atom stereocenters. The predicted molar refractivity (Wildman–Crippen MR) is 102 cm³/mol. The van der Waals surface area contributed by atoms with Gasteiger partial charge in [-0.15, -0.1) is 5.10 Å². The molecule has 1 saturated heterocycles. The molecule has 0 aliphatic carbocycles. The minimum Gasteiger partial charge on any atom is -0.487 e. The van der Waals surface area contributed by atoms with E-state index in [0.29, 0.717) is 11.4 Å². The number of aromatic nitrogens is 3. The number of benzene rings is 1.